The van der Waals surface area contributed by atoms with Crippen molar-refractivity contribution in [2.24, 2.45) is 0 Å². The van der Waals surface area contributed by atoms with Gasteiger partial charge in [-0.3, -0.25) is 4.90 Å². The third-order valence-electron chi connectivity index (χ3n) is 4.03. The van der Waals surface area contributed by atoms with Gasteiger partial charge in [0.2, 0.25) is 0 Å². The van der Waals surface area contributed by atoms with Gasteiger partial charge in [-0.2, -0.15) is 5.26 Å². The van der Waals surface area contributed by atoms with Crippen LogP contribution >= 0.6 is 0 Å². The Labute approximate surface area is 130 Å². The van der Waals surface area contributed by atoms with Crippen molar-refractivity contribution in [1.82, 2.24) is 4.90 Å². The Balaban J connectivity index is 2.88. The summed E-state index contributed by atoms with van der Waals surface area (Å²) in [5.41, 5.74) is 2.34. The molecule has 1 aromatic rings. The van der Waals surface area contributed by atoms with E-state index in [1.54, 1.807) is 0 Å². The van der Waals surface area contributed by atoms with Crippen molar-refractivity contribution in [3.8, 4) is 6.07 Å². The van der Waals surface area contributed by atoms with Gasteiger partial charge >= 0.3 is 0 Å². The van der Waals surface area contributed by atoms with Crippen molar-refractivity contribution in [3.05, 3.63) is 29.8 Å². The zero-order chi connectivity index (χ0) is 15.7. The molecule has 0 spiro atoms. The first-order valence-electron chi connectivity index (χ1n) is 8.20. The highest BCUT2D eigenvalue weighted by Gasteiger charge is 2.18. The molecule has 0 bridgehead atoms. The first kappa shape index (κ1) is 17.5. The maximum Gasteiger partial charge on any atom is 0.123 e. The SMILES string of the molecule is CCCCN(CC)C(C#N)c1ccc(N(CC)CC)cc1. The van der Waals surface area contributed by atoms with Gasteiger partial charge in [0, 0.05) is 18.8 Å². The van der Waals surface area contributed by atoms with E-state index in [0.717, 1.165) is 44.6 Å². The second-order valence-electron chi connectivity index (χ2n) is 5.28. The molecule has 0 aliphatic heterocycles. The fraction of sp³-hybridized carbons (Fsp3) is 0.611. The molecular weight excluding hydrogens is 258 g/mol. The predicted molar refractivity (Wildman–Crippen MR) is 90.5 cm³/mol. The molecule has 21 heavy (non-hydrogen) atoms. The second kappa shape index (κ2) is 9.41. The topological polar surface area (TPSA) is 30.3 Å². The number of rotatable bonds is 9. The van der Waals surface area contributed by atoms with E-state index in [0.29, 0.717) is 0 Å². The molecule has 0 radical (unpaired) electrons. The fourth-order valence-electron chi connectivity index (χ4n) is 2.65. The highest BCUT2D eigenvalue weighted by molar-refractivity contribution is 5.48. The van der Waals surface area contributed by atoms with E-state index >= 15 is 0 Å². The predicted octanol–water partition coefficient (Wildman–Crippen LogP) is 4.22. The van der Waals surface area contributed by atoms with Crippen LogP contribution in [0.2, 0.25) is 0 Å². The zero-order valence-corrected chi connectivity index (χ0v) is 14.0. The lowest BCUT2D eigenvalue weighted by Crippen LogP contribution is -2.29. The van der Waals surface area contributed by atoms with Crippen LogP contribution in [0.5, 0.6) is 0 Å². The summed E-state index contributed by atoms with van der Waals surface area (Å²) in [5.74, 6) is 0. The Kier molecular flexibility index (Phi) is 7.85. The van der Waals surface area contributed by atoms with Gasteiger partial charge < -0.3 is 4.90 Å². The Bertz CT molecular complexity index is 429. The van der Waals surface area contributed by atoms with Gasteiger partial charge in [-0.25, -0.2) is 0 Å². The van der Waals surface area contributed by atoms with Crippen molar-refractivity contribution in [3.63, 3.8) is 0 Å². The molecule has 1 atom stereocenters. The minimum absolute atomic E-state index is 0.132. The highest BCUT2D eigenvalue weighted by atomic mass is 15.1. The Hall–Kier alpha value is -1.53. The van der Waals surface area contributed by atoms with Crippen molar-refractivity contribution in [2.45, 2.75) is 46.6 Å². The number of unbranched alkanes of at least 4 members (excludes halogenated alkanes) is 1. The van der Waals surface area contributed by atoms with Crippen LogP contribution in [-0.4, -0.2) is 31.1 Å². The van der Waals surface area contributed by atoms with Crippen LogP contribution in [0.3, 0.4) is 0 Å². The van der Waals surface area contributed by atoms with Gasteiger partial charge in [-0.1, -0.05) is 32.4 Å². The molecule has 0 N–H and O–H groups in total. The summed E-state index contributed by atoms with van der Waals surface area (Å²) in [6.07, 6.45) is 2.30. The molecule has 0 amide bonds. The lowest BCUT2D eigenvalue weighted by molar-refractivity contribution is 0.245. The van der Waals surface area contributed by atoms with E-state index in [1.807, 2.05) is 0 Å². The molecule has 1 aromatic carbocycles. The summed E-state index contributed by atoms with van der Waals surface area (Å²) in [7, 11) is 0. The van der Waals surface area contributed by atoms with Gasteiger partial charge in [-0.05, 0) is 51.1 Å². The van der Waals surface area contributed by atoms with Crippen LogP contribution in [0, 0.1) is 11.3 Å². The molecule has 1 unspecified atom stereocenters. The third-order valence-corrected chi connectivity index (χ3v) is 4.03. The van der Waals surface area contributed by atoms with Crippen molar-refractivity contribution in [1.29, 1.82) is 5.26 Å². The number of hydrogen-bond donors (Lipinski definition) is 0. The van der Waals surface area contributed by atoms with E-state index in [4.69, 9.17) is 0 Å². The quantitative estimate of drug-likeness (QED) is 0.681. The van der Waals surface area contributed by atoms with Crippen LogP contribution in [0.4, 0.5) is 5.69 Å². The molecular formula is C18H29N3. The summed E-state index contributed by atoms with van der Waals surface area (Å²) in [6.45, 7) is 12.6. The lowest BCUT2D eigenvalue weighted by Gasteiger charge is -2.27. The number of nitriles is 1. The monoisotopic (exact) mass is 287 g/mol. The Morgan fingerprint density at radius 3 is 2.05 bits per heavy atom. The van der Waals surface area contributed by atoms with E-state index in [1.165, 1.54) is 5.69 Å². The molecule has 116 valence electrons. The maximum absolute atomic E-state index is 9.55. The van der Waals surface area contributed by atoms with Crippen molar-refractivity contribution < 1.29 is 0 Å². The molecule has 0 aliphatic rings. The number of hydrogen-bond acceptors (Lipinski definition) is 3. The van der Waals surface area contributed by atoms with Crippen LogP contribution in [-0.2, 0) is 0 Å². The molecule has 1 rings (SSSR count). The van der Waals surface area contributed by atoms with Gasteiger partial charge in [0.15, 0.2) is 0 Å². The lowest BCUT2D eigenvalue weighted by atomic mass is 10.1. The van der Waals surface area contributed by atoms with E-state index in [2.05, 4.69) is 67.8 Å². The van der Waals surface area contributed by atoms with Gasteiger partial charge in [0.25, 0.3) is 0 Å². The van der Waals surface area contributed by atoms with Crippen molar-refractivity contribution in [2.75, 3.05) is 31.1 Å². The van der Waals surface area contributed by atoms with Crippen LogP contribution in [0.1, 0.15) is 52.1 Å². The number of benzene rings is 1. The summed E-state index contributed by atoms with van der Waals surface area (Å²) < 4.78 is 0. The summed E-state index contributed by atoms with van der Waals surface area (Å²) >= 11 is 0. The van der Waals surface area contributed by atoms with E-state index < -0.39 is 0 Å². The van der Waals surface area contributed by atoms with Gasteiger partial charge in [0.05, 0.1) is 6.07 Å². The molecule has 0 aromatic heterocycles. The van der Waals surface area contributed by atoms with Crippen LogP contribution in [0.25, 0.3) is 0 Å². The summed E-state index contributed by atoms with van der Waals surface area (Å²) in [6, 6.07) is 10.8. The average Bonchev–Trinajstić information content (AvgIpc) is 2.53. The zero-order valence-electron chi connectivity index (χ0n) is 14.0. The molecule has 0 saturated heterocycles. The smallest absolute Gasteiger partial charge is 0.123 e. The number of anilines is 1. The molecule has 0 fully saturated rings. The van der Waals surface area contributed by atoms with Crippen molar-refractivity contribution >= 4 is 5.69 Å². The van der Waals surface area contributed by atoms with E-state index in [9.17, 15) is 5.26 Å². The molecule has 3 heteroatoms. The minimum atomic E-state index is -0.132. The first-order chi connectivity index (χ1) is 10.2. The Morgan fingerprint density at radius 2 is 1.62 bits per heavy atom. The summed E-state index contributed by atoms with van der Waals surface area (Å²) in [4.78, 5) is 4.58. The largest absolute Gasteiger partial charge is 0.372 e. The average molecular weight is 287 g/mol. The standard InChI is InChI=1S/C18H29N3/c1-5-9-14-21(8-4)18(15-19)16-10-12-17(13-11-16)20(6-2)7-3/h10-13,18H,5-9,14H2,1-4H3. The third kappa shape index (κ3) is 4.75. The maximum atomic E-state index is 9.55. The molecule has 3 nitrogen and oxygen atoms in total. The second-order valence-corrected chi connectivity index (χ2v) is 5.28. The van der Waals surface area contributed by atoms with Gasteiger partial charge in [0.1, 0.15) is 6.04 Å². The Morgan fingerprint density at radius 1 is 1.00 bits per heavy atom. The minimum Gasteiger partial charge on any atom is -0.372 e. The molecule has 0 saturated carbocycles. The van der Waals surface area contributed by atoms with Crippen LogP contribution < -0.4 is 4.90 Å². The number of nitrogens with zero attached hydrogens (tertiary/aromatic N) is 3. The first-order valence-corrected chi connectivity index (χ1v) is 8.20. The normalized spacial score (nSPS) is 12.2. The van der Waals surface area contributed by atoms with Gasteiger partial charge in [-0.15, -0.1) is 0 Å². The van der Waals surface area contributed by atoms with Crippen LogP contribution in [0.15, 0.2) is 24.3 Å². The fourth-order valence-corrected chi connectivity index (χ4v) is 2.65. The van der Waals surface area contributed by atoms with E-state index in [-0.39, 0.29) is 6.04 Å². The molecule has 0 heterocycles. The highest BCUT2D eigenvalue weighted by Crippen LogP contribution is 2.23. The summed E-state index contributed by atoms with van der Waals surface area (Å²) in [5, 5.41) is 9.55. The molecule has 0 aliphatic carbocycles.